The van der Waals surface area contributed by atoms with Gasteiger partial charge in [-0.1, -0.05) is 77.6 Å². The Morgan fingerprint density at radius 2 is 1.05 bits per heavy atom. The van der Waals surface area contributed by atoms with E-state index in [0.29, 0.717) is 0 Å². The molecule has 0 unspecified atom stereocenters. The van der Waals surface area contributed by atoms with Crippen LogP contribution in [0.3, 0.4) is 0 Å². The number of hydrogen-bond donors (Lipinski definition) is 0. The monoisotopic (exact) mass is 320 g/mol. The summed E-state index contributed by atoms with van der Waals surface area (Å²) >= 11 is 0. The van der Waals surface area contributed by atoms with Crippen LogP contribution in [0.15, 0.2) is 0 Å². The smallest absolute Gasteiger partial charge is 0.342 e. The Hall–Kier alpha value is 1.60. The summed E-state index contributed by atoms with van der Waals surface area (Å²) in [6.07, 6.45) is 18.1. The molecular formula is C19H39KN-. The van der Waals surface area contributed by atoms with Crippen molar-refractivity contribution >= 4 is 0 Å². The van der Waals surface area contributed by atoms with Crippen molar-refractivity contribution in [3.05, 3.63) is 13.8 Å². The van der Waals surface area contributed by atoms with E-state index in [1.165, 1.54) is 83.6 Å². The van der Waals surface area contributed by atoms with Gasteiger partial charge in [-0.25, -0.2) is 0 Å². The van der Waals surface area contributed by atoms with Gasteiger partial charge >= 0.3 is 51.4 Å². The molecule has 0 aliphatic carbocycles. The average molecular weight is 321 g/mol. The molecule has 0 heterocycles. The second-order valence-electron chi connectivity index (χ2n) is 6.08. The summed E-state index contributed by atoms with van der Waals surface area (Å²) in [4.78, 5) is 2.42. The molecule has 0 radical (unpaired) electrons. The zero-order valence-corrected chi connectivity index (χ0v) is 18.3. The first-order chi connectivity index (χ1) is 9.85. The van der Waals surface area contributed by atoms with Crippen molar-refractivity contribution in [2.45, 2.75) is 90.4 Å². The van der Waals surface area contributed by atoms with Gasteiger partial charge in [-0.2, -0.15) is 6.42 Å². The van der Waals surface area contributed by atoms with Gasteiger partial charge in [0.05, 0.1) is 0 Å². The second-order valence-corrected chi connectivity index (χ2v) is 6.08. The Balaban J connectivity index is 0. The van der Waals surface area contributed by atoms with Crippen LogP contribution in [0.4, 0.5) is 0 Å². The fourth-order valence-electron chi connectivity index (χ4n) is 2.74. The largest absolute Gasteiger partial charge is 1.00 e. The third-order valence-corrected chi connectivity index (χ3v) is 4.12. The molecule has 0 aromatic heterocycles. The average Bonchev–Trinajstić information content (AvgIpc) is 2.47. The fourth-order valence-corrected chi connectivity index (χ4v) is 2.74. The van der Waals surface area contributed by atoms with E-state index < -0.39 is 0 Å². The maximum absolute atomic E-state index is 3.98. The van der Waals surface area contributed by atoms with E-state index >= 15 is 0 Å². The molecule has 0 saturated carbocycles. The van der Waals surface area contributed by atoms with Crippen LogP contribution in [0.1, 0.15) is 90.4 Å². The molecule has 0 atom stereocenters. The van der Waals surface area contributed by atoms with Gasteiger partial charge in [-0.3, -0.25) is 0 Å². The summed E-state index contributed by atoms with van der Waals surface area (Å²) in [5, 5.41) is 0. The third-order valence-electron chi connectivity index (χ3n) is 4.12. The van der Waals surface area contributed by atoms with Crippen LogP contribution in [0.2, 0.25) is 0 Å². The van der Waals surface area contributed by atoms with Crippen LogP contribution >= 0.6 is 0 Å². The van der Waals surface area contributed by atoms with E-state index in [-0.39, 0.29) is 51.4 Å². The van der Waals surface area contributed by atoms with Crippen molar-refractivity contribution < 1.29 is 51.4 Å². The predicted molar refractivity (Wildman–Crippen MR) is 92.8 cm³/mol. The van der Waals surface area contributed by atoms with Crippen LogP contribution in [-0.2, 0) is 0 Å². The van der Waals surface area contributed by atoms with Crippen LogP contribution in [0.25, 0.3) is 0 Å². The summed E-state index contributed by atoms with van der Waals surface area (Å²) in [6.45, 7) is 13.4. The molecule has 0 fully saturated rings. The van der Waals surface area contributed by atoms with E-state index in [2.05, 4.69) is 25.7 Å². The van der Waals surface area contributed by atoms with Crippen LogP contribution in [0.5, 0.6) is 0 Å². The predicted octanol–water partition coefficient (Wildman–Crippen LogP) is 3.05. The minimum absolute atomic E-state index is 0. The molecule has 0 N–H and O–H groups in total. The molecule has 21 heavy (non-hydrogen) atoms. The second kappa shape index (κ2) is 21.6. The molecule has 0 amide bonds. The Morgan fingerprint density at radius 3 is 1.43 bits per heavy atom. The molecule has 2 heteroatoms. The normalized spacial score (nSPS) is 10.9. The zero-order valence-electron chi connectivity index (χ0n) is 15.2. The van der Waals surface area contributed by atoms with Crippen LogP contribution in [0, 0.1) is 13.8 Å². The standard InChI is InChI=1S/C19H39N.K/c1-4-7-8-9-10-11-12-13-14-15-16-17-19-20(6-3)18-5-2;/h2-19H2,1H3;/q-2;+1. The Kier molecular flexibility index (Phi) is 25.5. The van der Waals surface area contributed by atoms with E-state index in [9.17, 15) is 0 Å². The van der Waals surface area contributed by atoms with E-state index in [1.54, 1.807) is 0 Å². The van der Waals surface area contributed by atoms with Gasteiger partial charge < -0.3 is 18.7 Å². The van der Waals surface area contributed by atoms with Crippen molar-refractivity contribution in [1.29, 1.82) is 0 Å². The van der Waals surface area contributed by atoms with Crippen LogP contribution < -0.4 is 51.4 Å². The number of unbranched alkanes of at least 4 members (excludes halogenated alkanes) is 11. The summed E-state index contributed by atoms with van der Waals surface area (Å²) in [5.74, 6) is 0. The maximum atomic E-state index is 3.98. The van der Waals surface area contributed by atoms with Gasteiger partial charge in [0.2, 0.25) is 0 Å². The minimum atomic E-state index is 0. The topological polar surface area (TPSA) is 3.24 Å². The summed E-state index contributed by atoms with van der Waals surface area (Å²) in [5.41, 5.74) is 0. The van der Waals surface area contributed by atoms with Crippen molar-refractivity contribution in [3.8, 4) is 0 Å². The van der Waals surface area contributed by atoms with Crippen molar-refractivity contribution in [3.63, 3.8) is 0 Å². The first kappa shape index (κ1) is 24.8. The van der Waals surface area contributed by atoms with E-state index in [1.807, 2.05) is 0 Å². The molecule has 0 aliphatic rings. The summed E-state index contributed by atoms with van der Waals surface area (Å²) < 4.78 is 0. The molecule has 122 valence electrons. The van der Waals surface area contributed by atoms with E-state index in [4.69, 9.17) is 0 Å². The van der Waals surface area contributed by atoms with Gasteiger partial charge in [0.1, 0.15) is 0 Å². The van der Waals surface area contributed by atoms with Gasteiger partial charge in [0, 0.05) is 0 Å². The van der Waals surface area contributed by atoms with Crippen LogP contribution in [-0.4, -0.2) is 24.5 Å². The Morgan fingerprint density at radius 1 is 0.619 bits per heavy atom. The summed E-state index contributed by atoms with van der Waals surface area (Å²) in [6, 6.07) is 0. The molecule has 0 aromatic rings. The molecule has 0 aliphatic heterocycles. The summed E-state index contributed by atoms with van der Waals surface area (Å²) in [7, 11) is 0. The molecule has 1 nitrogen and oxygen atoms in total. The quantitative estimate of drug-likeness (QED) is 0.240. The molecule has 0 saturated heterocycles. The number of rotatable bonds is 16. The molecule has 0 spiro atoms. The van der Waals surface area contributed by atoms with Crippen molar-refractivity contribution in [1.82, 2.24) is 4.90 Å². The third kappa shape index (κ3) is 19.6. The van der Waals surface area contributed by atoms with Crippen molar-refractivity contribution in [2.24, 2.45) is 0 Å². The fraction of sp³-hybridized carbons (Fsp3) is 0.895. The van der Waals surface area contributed by atoms with Crippen molar-refractivity contribution in [2.75, 3.05) is 19.6 Å². The first-order valence-electron chi connectivity index (χ1n) is 9.16. The minimum Gasteiger partial charge on any atom is -0.342 e. The number of nitrogens with zero attached hydrogens (tertiary/aromatic N) is 1. The van der Waals surface area contributed by atoms with Gasteiger partial charge in [-0.05, 0) is 19.5 Å². The molecule has 0 rings (SSSR count). The molecule has 0 bridgehead atoms. The zero-order chi connectivity index (χ0) is 14.9. The number of hydrogen-bond acceptors (Lipinski definition) is 1. The van der Waals surface area contributed by atoms with Gasteiger partial charge in [0.25, 0.3) is 0 Å². The molecule has 0 aromatic carbocycles. The molecular weight excluding hydrogens is 281 g/mol. The SMILES string of the molecule is [CH2-]CCN(C[CH2-])CCCCCCCCCCCCCC.[K+]. The maximum Gasteiger partial charge on any atom is 1.00 e. The van der Waals surface area contributed by atoms with Gasteiger partial charge in [0.15, 0.2) is 0 Å². The van der Waals surface area contributed by atoms with Gasteiger partial charge in [-0.15, -0.1) is 6.54 Å². The Bertz CT molecular complexity index is 173. The van der Waals surface area contributed by atoms with E-state index in [0.717, 1.165) is 19.5 Å². The Labute approximate surface area is 178 Å². The first-order valence-corrected chi connectivity index (χ1v) is 9.16.